The molecule has 2 unspecified atom stereocenters. The first-order chi connectivity index (χ1) is 8.12. The number of hydrogen-bond acceptors (Lipinski definition) is 2. The van der Waals surface area contributed by atoms with Gasteiger partial charge in [-0.05, 0) is 25.7 Å². The molecule has 0 saturated heterocycles. The topological polar surface area (TPSA) is 49.3 Å². The standard InChI is InChI=1S/C14H25NO2/c1-14(9-5-6-10-14)13(17)15-11-7-3-2-4-8-12(11)16/h11-12,16H,2-10H2,1H3,(H,15,17). The number of aliphatic hydroxyl groups excluding tert-OH is 1. The highest BCUT2D eigenvalue weighted by molar-refractivity contribution is 5.82. The third-order valence-electron chi connectivity index (χ3n) is 4.55. The lowest BCUT2D eigenvalue weighted by atomic mass is 9.87. The Balaban J connectivity index is 1.92. The van der Waals surface area contributed by atoms with E-state index in [1.165, 1.54) is 6.42 Å². The molecule has 2 fully saturated rings. The van der Waals surface area contributed by atoms with Crippen LogP contribution in [0.2, 0.25) is 0 Å². The van der Waals surface area contributed by atoms with Gasteiger partial charge in [0.05, 0.1) is 12.1 Å². The molecule has 2 atom stereocenters. The van der Waals surface area contributed by atoms with Crippen molar-refractivity contribution in [2.75, 3.05) is 0 Å². The fraction of sp³-hybridized carbons (Fsp3) is 0.929. The van der Waals surface area contributed by atoms with Crippen molar-refractivity contribution in [1.29, 1.82) is 0 Å². The van der Waals surface area contributed by atoms with Crippen molar-refractivity contribution in [2.24, 2.45) is 5.41 Å². The lowest BCUT2D eigenvalue weighted by Crippen LogP contribution is -2.47. The van der Waals surface area contributed by atoms with Gasteiger partial charge in [-0.25, -0.2) is 0 Å². The maximum Gasteiger partial charge on any atom is 0.226 e. The summed E-state index contributed by atoms with van der Waals surface area (Å²) in [6.07, 6.45) is 9.15. The first-order valence-electron chi connectivity index (χ1n) is 7.11. The fourth-order valence-electron chi connectivity index (χ4n) is 3.18. The van der Waals surface area contributed by atoms with Crippen LogP contribution in [-0.4, -0.2) is 23.2 Å². The molecule has 1 amide bonds. The Bertz CT molecular complexity index is 271. The van der Waals surface area contributed by atoms with Crippen LogP contribution >= 0.6 is 0 Å². The zero-order chi connectivity index (χ0) is 12.3. The van der Waals surface area contributed by atoms with Crippen LogP contribution in [-0.2, 0) is 4.79 Å². The SMILES string of the molecule is CC1(C(=O)NC2CCCCCC2O)CCCC1. The highest BCUT2D eigenvalue weighted by Gasteiger charge is 2.37. The number of nitrogens with one attached hydrogen (secondary N) is 1. The Kier molecular flexibility index (Phi) is 4.08. The summed E-state index contributed by atoms with van der Waals surface area (Å²) in [7, 11) is 0. The summed E-state index contributed by atoms with van der Waals surface area (Å²) in [5.41, 5.74) is -0.175. The molecule has 2 aliphatic rings. The van der Waals surface area contributed by atoms with Gasteiger partial charge in [0.1, 0.15) is 0 Å². The Morgan fingerprint density at radius 3 is 2.47 bits per heavy atom. The van der Waals surface area contributed by atoms with Crippen LogP contribution in [0.5, 0.6) is 0 Å². The smallest absolute Gasteiger partial charge is 0.226 e. The van der Waals surface area contributed by atoms with Gasteiger partial charge in [0.15, 0.2) is 0 Å². The van der Waals surface area contributed by atoms with Gasteiger partial charge in [0.2, 0.25) is 5.91 Å². The van der Waals surface area contributed by atoms with Gasteiger partial charge in [-0.2, -0.15) is 0 Å². The molecule has 0 aliphatic heterocycles. The molecule has 0 aromatic carbocycles. The van der Waals surface area contributed by atoms with Crippen LogP contribution in [0.3, 0.4) is 0 Å². The van der Waals surface area contributed by atoms with Crippen molar-refractivity contribution in [1.82, 2.24) is 5.32 Å². The van der Waals surface area contributed by atoms with Crippen molar-refractivity contribution in [2.45, 2.75) is 76.9 Å². The second kappa shape index (κ2) is 5.38. The summed E-state index contributed by atoms with van der Waals surface area (Å²) >= 11 is 0. The molecule has 2 aliphatic carbocycles. The number of rotatable bonds is 2. The van der Waals surface area contributed by atoms with Crippen LogP contribution in [0, 0.1) is 5.41 Å². The van der Waals surface area contributed by atoms with Gasteiger partial charge in [0, 0.05) is 5.41 Å². The maximum absolute atomic E-state index is 12.3. The lowest BCUT2D eigenvalue weighted by molar-refractivity contribution is -0.131. The molecule has 0 heterocycles. The Morgan fingerprint density at radius 1 is 1.12 bits per heavy atom. The molecule has 2 rings (SSSR count). The minimum Gasteiger partial charge on any atom is -0.391 e. The van der Waals surface area contributed by atoms with E-state index in [0.29, 0.717) is 0 Å². The molecule has 3 heteroatoms. The van der Waals surface area contributed by atoms with Gasteiger partial charge in [0.25, 0.3) is 0 Å². The third-order valence-corrected chi connectivity index (χ3v) is 4.55. The third kappa shape index (κ3) is 3.01. The first-order valence-corrected chi connectivity index (χ1v) is 7.11. The van der Waals surface area contributed by atoms with E-state index in [2.05, 4.69) is 12.2 Å². The highest BCUT2D eigenvalue weighted by atomic mass is 16.3. The van der Waals surface area contributed by atoms with Crippen LogP contribution in [0.25, 0.3) is 0 Å². The van der Waals surface area contributed by atoms with E-state index >= 15 is 0 Å². The number of carbonyl (C=O) groups excluding carboxylic acids is 1. The average molecular weight is 239 g/mol. The van der Waals surface area contributed by atoms with Crippen LogP contribution in [0.4, 0.5) is 0 Å². The van der Waals surface area contributed by atoms with Gasteiger partial charge >= 0.3 is 0 Å². The molecule has 0 aromatic heterocycles. The lowest BCUT2D eigenvalue weighted by Gasteiger charge is -2.28. The summed E-state index contributed by atoms with van der Waals surface area (Å²) in [4.78, 5) is 12.3. The van der Waals surface area contributed by atoms with E-state index in [0.717, 1.165) is 51.4 Å². The van der Waals surface area contributed by atoms with E-state index < -0.39 is 0 Å². The predicted octanol–water partition coefficient (Wildman–Crippen LogP) is 2.38. The van der Waals surface area contributed by atoms with Crippen LogP contribution in [0.1, 0.15) is 64.7 Å². The molecule has 0 aromatic rings. The molecule has 98 valence electrons. The normalized spacial score (nSPS) is 33.1. The van der Waals surface area contributed by atoms with E-state index in [1.54, 1.807) is 0 Å². The van der Waals surface area contributed by atoms with Gasteiger partial charge in [-0.1, -0.05) is 39.0 Å². The number of carbonyl (C=O) groups is 1. The maximum atomic E-state index is 12.3. The number of amides is 1. The molecule has 17 heavy (non-hydrogen) atoms. The van der Waals surface area contributed by atoms with Gasteiger partial charge in [-0.3, -0.25) is 4.79 Å². The second-order valence-corrected chi connectivity index (χ2v) is 6.05. The second-order valence-electron chi connectivity index (χ2n) is 6.05. The minimum absolute atomic E-state index is 0.0116. The molecule has 0 spiro atoms. The largest absolute Gasteiger partial charge is 0.391 e. The van der Waals surface area contributed by atoms with E-state index in [-0.39, 0.29) is 23.5 Å². The van der Waals surface area contributed by atoms with E-state index in [1.807, 2.05) is 0 Å². The Labute approximate surface area is 104 Å². The molecule has 0 bridgehead atoms. The fourth-order valence-corrected chi connectivity index (χ4v) is 3.18. The summed E-state index contributed by atoms with van der Waals surface area (Å²) in [5, 5.41) is 13.1. The van der Waals surface area contributed by atoms with Crippen molar-refractivity contribution in [3.63, 3.8) is 0 Å². The summed E-state index contributed by atoms with van der Waals surface area (Å²) in [6.45, 7) is 2.07. The Hall–Kier alpha value is -0.570. The van der Waals surface area contributed by atoms with Crippen LogP contribution in [0.15, 0.2) is 0 Å². The molecule has 0 radical (unpaired) electrons. The zero-order valence-corrected chi connectivity index (χ0v) is 10.9. The van der Waals surface area contributed by atoms with Crippen molar-refractivity contribution in [3.8, 4) is 0 Å². The monoisotopic (exact) mass is 239 g/mol. The minimum atomic E-state index is -0.341. The van der Waals surface area contributed by atoms with Crippen molar-refractivity contribution < 1.29 is 9.90 Å². The van der Waals surface area contributed by atoms with Crippen LogP contribution < -0.4 is 5.32 Å². The number of aliphatic hydroxyl groups is 1. The Morgan fingerprint density at radius 2 is 1.76 bits per heavy atom. The average Bonchev–Trinajstić information content (AvgIpc) is 2.65. The summed E-state index contributed by atoms with van der Waals surface area (Å²) in [5.74, 6) is 0.168. The van der Waals surface area contributed by atoms with E-state index in [9.17, 15) is 9.90 Å². The predicted molar refractivity (Wildman–Crippen MR) is 67.6 cm³/mol. The molecular weight excluding hydrogens is 214 g/mol. The number of hydrogen-bond donors (Lipinski definition) is 2. The summed E-state index contributed by atoms with van der Waals surface area (Å²) in [6, 6.07) is -0.0116. The van der Waals surface area contributed by atoms with Crippen molar-refractivity contribution in [3.05, 3.63) is 0 Å². The first kappa shape index (κ1) is 12.9. The zero-order valence-electron chi connectivity index (χ0n) is 10.9. The molecule has 2 N–H and O–H groups in total. The van der Waals surface area contributed by atoms with Crippen molar-refractivity contribution >= 4 is 5.91 Å². The van der Waals surface area contributed by atoms with Gasteiger partial charge < -0.3 is 10.4 Å². The summed E-state index contributed by atoms with van der Waals surface area (Å²) < 4.78 is 0. The molecular formula is C14H25NO2. The van der Waals surface area contributed by atoms with E-state index in [4.69, 9.17) is 0 Å². The quantitative estimate of drug-likeness (QED) is 0.727. The molecule has 3 nitrogen and oxygen atoms in total. The molecule has 2 saturated carbocycles. The van der Waals surface area contributed by atoms with Gasteiger partial charge in [-0.15, -0.1) is 0 Å². The highest BCUT2D eigenvalue weighted by Crippen LogP contribution is 2.38.